The highest BCUT2D eigenvalue weighted by atomic mass is 16.5. The van der Waals surface area contributed by atoms with Gasteiger partial charge in [0.2, 0.25) is 0 Å². The summed E-state index contributed by atoms with van der Waals surface area (Å²) in [6.45, 7) is 7.71. The number of nitrogens with one attached hydrogen (secondary N) is 1. The lowest BCUT2D eigenvalue weighted by atomic mass is 10.2. The molecule has 1 N–H and O–H groups in total. The fourth-order valence-corrected chi connectivity index (χ4v) is 2.61. The van der Waals surface area contributed by atoms with E-state index in [-0.39, 0.29) is 0 Å². The Morgan fingerprint density at radius 1 is 1.36 bits per heavy atom. The summed E-state index contributed by atoms with van der Waals surface area (Å²) in [6.07, 6.45) is 4.97. The SMILES string of the molecule is CC(CN1CCOCC1)NCc1cccnc1-n1cncn1. The normalized spacial score (nSPS) is 17.5. The molecule has 0 amide bonds. The van der Waals surface area contributed by atoms with Gasteiger partial charge in [0, 0.05) is 44.0 Å². The van der Waals surface area contributed by atoms with Gasteiger partial charge >= 0.3 is 0 Å². The summed E-state index contributed by atoms with van der Waals surface area (Å²) in [6, 6.07) is 4.42. The van der Waals surface area contributed by atoms with E-state index < -0.39 is 0 Å². The van der Waals surface area contributed by atoms with Gasteiger partial charge < -0.3 is 10.1 Å². The monoisotopic (exact) mass is 302 g/mol. The lowest BCUT2D eigenvalue weighted by Gasteiger charge is -2.29. The van der Waals surface area contributed by atoms with Gasteiger partial charge in [0.05, 0.1) is 13.2 Å². The Kier molecular flexibility index (Phi) is 5.10. The minimum absolute atomic E-state index is 0.405. The van der Waals surface area contributed by atoms with Crippen LogP contribution in [0.25, 0.3) is 5.82 Å². The van der Waals surface area contributed by atoms with E-state index in [1.807, 2.05) is 6.07 Å². The molecule has 3 rings (SSSR count). The van der Waals surface area contributed by atoms with Gasteiger partial charge in [-0.05, 0) is 13.0 Å². The summed E-state index contributed by atoms with van der Waals surface area (Å²) in [7, 11) is 0. The molecule has 1 fully saturated rings. The lowest BCUT2D eigenvalue weighted by Crippen LogP contribution is -2.44. The molecule has 1 unspecified atom stereocenters. The van der Waals surface area contributed by atoms with Crippen LogP contribution in [0.1, 0.15) is 12.5 Å². The topological polar surface area (TPSA) is 68.1 Å². The quantitative estimate of drug-likeness (QED) is 0.837. The Labute approximate surface area is 130 Å². The van der Waals surface area contributed by atoms with Crippen molar-refractivity contribution in [2.75, 3.05) is 32.8 Å². The fraction of sp³-hybridized carbons (Fsp3) is 0.533. The molecule has 118 valence electrons. The average Bonchev–Trinajstić information content (AvgIpc) is 3.08. The molecule has 0 aliphatic carbocycles. The Hall–Kier alpha value is -1.83. The van der Waals surface area contributed by atoms with E-state index in [0.29, 0.717) is 6.04 Å². The van der Waals surface area contributed by atoms with E-state index in [2.05, 4.69) is 38.3 Å². The zero-order chi connectivity index (χ0) is 15.2. The summed E-state index contributed by atoms with van der Waals surface area (Å²) in [4.78, 5) is 10.8. The highest BCUT2D eigenvalue weighted by Crippen LogP contribution is 2.09. The number of hydrogen-bond acceptors (Lipinski definition) is 6. The van der Waals surface area contributed by atoms with E-state index in [1.165, 1.54) is 6.33 Å². The molecule has 1 aliphatic heterocycles. The van der Waals surface area contributed by atoms with Crippen LogP contribution in [0.3, 0.4) is 0 Å². The molecule has 22 heavy (non-hydrogen) atoms. The van der Waals surface area contributed by atoms with Gasteiger partial charge in [-0.15, -0.1) is 0 Å². The van der Waals surface area contributed by atoms with Crippen LogP contribution >= 0.6 is 0 Å². The second-order valence-electron chi connectivity index (χ2n) is 5.52. The second kappa shape index (κ2) is 7.44. The molecule has 0 radical (unpaired) electrons. The molecule has 0 bridgehead atoms. The van der Waals surface area contributed by atoms with Crippen molar-refractivity contribution in [1.82, 2.24) is 30.0 Å². The third-order valence-electron chi connectivity index (χ3n) is 3.78. The first-order valence-electron chi connectivity index (χ1n) is 7.65. The number of nitrogens with zero attached hydrogens (tertiary/aromatic N) is 5. The number of rotatable bonds is 6. The van der Waals surface area contributed by atoms with E-state index in [1.54, 1.807) is 17.2 Å². The van der Waals surface area contributed by atoms with E-state index in [0.717, 1.165) is 50.8 Å². The van der Waals surface area contributed by atoms with Crippen molar-refractivity contribution in [3.05, 3.63) is 36.5 Å². The zero-order valence-electron chi connectivity index (χ0n) is 12.9. The second-order valence-corrected chi connectivity index (χ2v) is 5.52. The summed E-state index contributed by atoms with van der Waals surface area (Å²) < 4.78 is 7.08. The van der Waals surface area contributed by atoms with Gasteiger partial charge in [-0.2, -0.15) is 5.10 Å². The minimum atomic E-state index is 0.405. The molecule has 1 aliphatic rings. The summed E-state index contributed by atoms with van der Waals surface area (Å²) in [5.41, 5.74) is 1.11. The molecule has 3 heterocycles. The first kappa shape index (κ1) is 15.1. The zero-order valence-corrected chi connectivity index (χ0v) is 12.9. The van der Waals surface area contributed by atoms with E-state index in [4.69, 9.17) is 4.74 Å². The van der Waals surface area contributed by atoms with Crippen LogP contribution < -0.4 is 5.32 Å². The smallest absolute Gasteiger partial charge is 0.159 e. The molecular formula is C15H22N6O. The molecule has 7 heteroatoms. The Bertz CT molecular complexity index is 567. The Balaban J connectivity index is 1.57. The molecule has 2 aromatic heterocycles. The van der Waals surface area contributed by atoms with Crippen molar-refractivity contribution in [2.24, 2.45) is 0 Å². The Morgan fingerprint density at radius 3 is 3.00 bits per heavy atom. The van der Waals surface area contributed by atoms with Crippen LogP contribution in [0.4, 0.5) is 0 Å². The van der Waals surface area contributed by atoms with Gasteiger partial charge in [-0.1, -0.05) is 6.07 Å². The molecule has 7 nitrogen and oxygen atoms in total. The molecule has 1 atom stereocenters. The van der Waals surface area contributed by atoms with Gasteiger partial charge in [0.1, 0.15) is 12.7 Å². The lowest BCUT2D eigenvalue weighted by molar-refractivity contribution is 0.0343. The predicted molar refractivity (Wildman–Crippen MR) is 82.7 cm³/mol. The number of hydrogen-bond donors (Lipinski definition) is 1. The van der Waals surface area contributed by atoms with Crippen molar-refractivity contribution in [3.8, 4) is 5.82 Å². The van der Waals surface area contributed by atoms with Crippen LogP contribution in [0.5, 0.6) is 0 Å². The highest BCUT2D eigenvalue weighted by molar-refractivity contribution is 5.31. The standard InChI is InChI=1S/C15H22N6O/c1-13(10-20-5-7-22-8-6-20)18-9-14-3-2-4-17-15(14)21-12-16-11-19-21/h2-4,11-13,18H,5-10H2,1H3. The Morgan fingerprint density at radius 2 is 2.23 bits per heavy atom. The molecule has 2 aromatic rings. The van der Waals surface area contributed by atoms with Crippen LogP contribution in [-0.2, 0) is 11.3 Å². The van der Waals surface area contributed by atoms with Crippen molar-refractivity contribution in [1.29, 1.82) is 0 Å². The third-order valence-corrected chi connectivity index (χ3v) is 3.78. The van der Waals surface area contributed by atoms with Crippen LogP contribution in [0.15, 0.2) is 31.0 Å². The van der Waals surface area contributed by atoms with Gasteiger partial charge in [0.25, 0.3) is 0 Å². The molecule has 0 saturated carbocycles. The molecule has 0 spiro atoms. The van der Waals surface area contributed by atoms with E-state index >= 15 is 0 Å². The fourth-order valence-electron chi connectivity index (χ4n) is 2.61. The maximum atomic E-state index is 5.38. The summed E-state index contributed by atoms with van der Waals surface area (Å²) in [5.74, 6) is 0.825. The van der Waals surface area contributed by atoms with Crippen molar-refractivity contribution in [3.63, 3.8) is 0 Å². The van der Waals surface area contributed by atoms with Crippen molar-refractivity contribution < 1.29 is 4.74 Å². The molecule has 1 saturated heterocycles. The first-order chi connectivity index (χ1) is 10.8. The number of ether oxygens (including phenoxy) is 1. The van der Waals surface area contributed by atoms with Crippen LogP contribution in [-0.4, -0.2) is 63.5 Å². The number of morpholine rings is 1. The third kappa shape index (κ3) is 3.88. The van der Waals surface area contributed by atoms with Crippen LogP contribution in [0.2, 0.25) is 0 Å². The first-order valence-corrected chi connectivity index (χ1v) is 7.65. The number of pyridine rings is 1. The average molecular weight is 302 g/mol. The summed E-state index contributed by atoms with van der Waals surface area (Å²) >= 11 is 0. The van der Waals surface area contributed by atoms with Crippen LogP contribution in [0, 0.1) is 0 Å². The minimum Gasteiger partial charge on any atom is -0.379 e. The van der Waals surface area contributed by atoms with Crippen molar-refractivity contribution in [2.45, 2.75) is 19.5 Å². The van der Waals surface area contributed by atoms with E-state index in [9.17, 15) is 0 Å². The van der Waals surface area contributed by atoms with Gasteiger partial charge in [-0.25, -0.2) is 14.6 Å². The van der Waals surface area contributed by atoms with Crippen molar-refractivity contribution >= 4 is 0 Å². The highest BCUT2D eigenvalue weighted by Gasteiger charge is 2.14. The maximum absolute atomic E-state index is 5.38. The molecule has 0 aromatic carbocycles. The van der Waals surface area contributed by atoms with Gasteiger partial charge in [-0.3, -0.25) is 4.90 Å². The predicted octanol–water partition coefficient (Wildman–Crippen LogP) is 0.473. The largest absolute Gasteiger partial charge is 0.379 e. The maximum Gasteiger partial charge on any atom is 0.159 e. The number of aromatic nitrogens is 4. The van der Waals surface area contributed by atoms with Gasteiger partial charge in [0.15, 0.2) is 5.82 Å². The summed E-state index contributed by atoms with van der Waals surface area (Å²) in [5, 5.41) is 7.73. The molecular weight excluding hydrogens is 280 g/mol.